The Morgan fingerprint density at radius 1 is 1.53 bits per heavy atom. The molecule has 0 aromatic rings. The van der Waals surface area contributed by atoms with Crippen LogP contribution in [-0.2, 0) is 4.79 Å². The first kappa shape index (κ1) is 12.8. The highest BCUT2D eigenvalue weighted by Gasteiger charge is 2.21. The van der Waals surface area contributed by atoms with Gasteiger partial charge in [0.1, 0.15) is 0 Å². The van der Waals surface area contributed by atoms with Crippen molar-refractivity contribution in [1.82, 2.24) is 15.5 Å². The number of piperazine rings is 1. The summed E-state index contributed by atoms with van der Waals surface area (Å²) in [6.07, 6.45) is 2.05. The van der Waals surface area contributed by atoms with Gasteiger partial charge in [0.15, 0.2) is 0 Å². The molecule has 5 heteroatoms. The maximum atomic E-state index is 11.7. The molecule has 15 heavy (non-hydrogen) atoms. The molecule has 1 saturated heterocycles. The number of carbonyl (C=O) groups excluding carboxylic acids is 1. The summed E-state index contributed by atoms with van der Waals surface area (Å²) in [5.41, 5.74) is 0. The predicted octanol–water partition coefficient (Wildman–Crippen LogP) is -0.241. The number of thioether (sulfide) groups is 1. The van der Waals surface area contributed by atoms with Gasteiger partial charge in [-0.15, -0.1) is 0 Å². The fourth-order valence-electron chi connectivity index (χ4n) is 1.66. The van der Waals surface area contributed by atoms with Crippen LogP contribution in [0.3, 0.4) is 0 Å². The lowest BCUT2D eigenvalue weighted by Gasteiger charge is -2.31. The molecule has 88 valence electrons. The molecule has 4 nitrogen and oxygen atoms in total. The zero-order valence-corrected chi connectivity index (χ0v) is 10.4. The molecule has 1 heterocycles. The quantitative estimate of drug-likeness (QED) is 0.641. The van der Waals surface area contributed by atoms with Gasteiger partial charge in [-0.2, -0.15) is 11.8 Å². The second-order valence-corrected chi connectivity index (χ2v) is 4.73. The second kappa shape index (κ2) is 7.09. The van der Waals surface area contributed by atoms with Crippen LogP contribution in [0.15, 0.2) is 0 Å². The number of hydrogen-bond acceptors (Lipinski definition) is 4. The average Bonchev–Trinajstić information content (AvgIpc) is 2.29. The van der Waals surface area contributed by atoms with Gasteiger partial charge in [0, 0.05) is 38.5 Å². The third-order valence-corrected chi connectivity index (χ3v) is 3.30. The predicted molar refractivity (Wildman–Crippen MR) is 65.3 cm³/mol. The minimum atomic E-state index is 0.00829. The summed E-state index contributed by atoms with van der Waals surface area (Å²) in [5.74, 6) is 1.14. The lowest BCUT2D eigenvalue weighted by Crippen LogP contribution is -2.52. The van der Waals surface area contributed by atoms with E-state index in [0.717, 1.165) is 38.5 Å². The highest BCUT2D eigenvalue weighted by atomic mass is 32.2. The topological polar surface area (TPSA) is 44.4 Å². The highest BCUT2D eigenvalue weighted by Crippen LogP contribution is 2.00. The van der Waals surface area contributed by atoms with Crippen molar-refractivity contribution >= 4 is 17.7 Å². The lowest BCUT2D eigenvalue weighted by molar-refractivity contribution is -0.125. The van der Waals surface area contributed by atoms with Crippen molar-refractivity contribution in [1.29, 1.82) is 0 Å². The van der Waals surface area contributed by atoms with Crippen LogP contribution in [0.4, 0.5) is 0 Å². The molecule has 1 unspecified atom stereocenters. The average molecular weight is 231 g/mol. The molecule has 0 radical (unpaired) electrons. The molecule has 2 N–H and O–H groups in total. The van der Waals surface area contributed by atoms with Crippen LogP contribution >= 0.6 is 11.8 Å². The van der Waals surface area contributed by atoms with E-state index in [-0.39, 0.29) is 11.9 Å². The van der Waals surface area contributed by atoms with Gasteiger partial charge in [0.2, 0.25) is 5.91 Å². The van der Waals surface area contributed by atoms with Gasteiger partial charge in [-0.3, -0.25) is 9.69 Å². The summed E-state index contributed by atoms with van der Waals surface area (Å²) in [7, 11) is 0. The van der Waals surface area contributed by atoms with Gasteiger partial charge in [0.25, 0.3) is 0 Å². The van der Waals surface area contributed by atoms with Gasteiger partial charge < -0.3 is 10.6 Å². The fourth-order valence-corrected chi connectivity index (χ4v) is 1.97. The summed E-state index contributed by atoms with van der Waals surface area (Å²) < 4.78 is 0. The molecule has 1 aliphatic rings. The van der Waals surface area contributed by atoms with E-state index in [1.54, 1.807) is 11.8 Å². The van der Waals surface area contributed by atoms with Crippen LogP contribution in [0.5, 0.6) is 0 Å². The van der Waals surface area contributed by atoms with E-state index in [1.807, 2.05) is 13.2 Å². The molecular formula is C10H21N3OS. The van der Waals surface area contributed by atoms with Crippen LogP contribution in [0, 0.1) is 0 Å². The minimum absolute atomic E-state index is 0.00829. The molecule has 0 aromatic heterocycles. The van der Waals surface area contributed by atoms with Crippen molar-refractivity contribution in [2.45, 2.75) is 13.0 Å². The third-order valence-electron chi connectivity index (χ3n) is 2.68. The van der Waals surface area contributed by atoms with Crippen LogP contribution in [0.2, 0.25) is 0 Å². The Morgan fingerprint density at radius 2 is 2.20 bits per heavy atom. The van der Waals surface area contributed by atoms with E-state index in [1.165, 1.54) is 0 Å². The standard InChI is InChI=1S/C10H21N3OS/c1-9(10(14)12-5-8-15-2)13-6-3-11-4-7-13/h9,11H,3-8H2,1-2H3,(H,12,14). The zero-order chi connectivity index (χ0) is 11.1. The van der Waals surface area contributed by atoms with Crippen molar-refractivity contribution in [3.8, 4) is 0 Å². The fraction of sp³-hybridized carbons (Fsp3) is 0.900. The summed E-state index contributed by atoms with van der Waals surface area (Å²) in [4.78, 5) is 14.0. The van der Waals surface area contributed by atoms with Crippen molar-refractivity contribution in [2.75, 3.05) is 44.7 Å². The molecule has 1 atom stereocenters. The van der Waals surface area contributed by atoms with E-state index >= 15 is 0 Å². The van der Waals surface area contributed by atoms with Crippen molar-refractivity contribution < 1.29 is 4.79 Å². The van der Waals surface area contributed by atoms with Crippen molar-refractivity contribution in [3.63, 3.8) is 0 Å². The number of carbonyl (C=O) groups is 1. The van der Waals surface area contributed by atoms with Crippen LogP contribution < -0.4 is 10.6 Å². The van der Waals surface area contributed by atoms with Crippen LogP contribution in [0.25, 0.3) is 0 Å². The summed E-state index contributed by atoms with van der Waals surface area (Å²) >= 11 is 1.75. The highest BCUT2D eigenvalue weighted by molar-refractivity contribution is 7.98. The Kier molecular flexibility index (Phi) is 6.05. The Balaban J connectivity index is 2.24. The van der Waals surface area contributed by atoms with Gasteiger partial charge >= 0.3 is 0 Å². The summed E-state index contributed by atoms with van der Waals surface area (Å²) in [6, 6.07) is 0.00829. The maximum absolute atomic E-state index is 11.7. The van der Waals surface area contributed by atoms with E-state index in [2.05, 4.69) is 15.5 Å². The molecule has 1 rings (SSSR count). The summed E-state index contributed by atoms with van der Waals surface area (Å²) in [5, 5.41) is 6.24. The number of rotatable bonds is 5. The number of hydrogen-bond donors (Lipinski definition) is 2. The monoisotopic (exact) mass is 231 g/mol. The molecule has 0 aliphatic carbocycles. The maximum Gasteiger partial charge on any atom is 0.237 e. The van der Waals surface area contributed by atoms with E-state index in [0.29, 0.717) is 0 Å². The minimum Gasteiger partial charge on any atom is -0.354 e. The molecule has 1 fully saturated rings. The molecular weight excluding hydrogens is 210 g/mol. The van der Waals surface area contributed by atoms with Crippen LogP contribution in [0.1, 0.15) is 6.92 Å². The third kappa shape index (κ3) is 4.40. The number of nitrogens with zero attached hydrogens (tertiary/aromatic N) is 1. The molecule has 0 saturated carbocycles. The van der Waals surface area contributed by atoms with Gasteiger partial charge in [0.05, 0.1) is 6.04 Å². The lowest BCUT2D eigenvalue weighted by atomic mass is 10.2. The Bertz CT molecular complexity index is 195. The zero-order valence-electron chi connectivity index (χ0n) is 9.58. The number of nitrogens with one attached hydrogen (secondary N) is 2. The first-order valence-corrected chi connectivity index (χ1v) is 6.86. The smallest absolute Gasteiger partial charge is 0.237 e. The van der Waals surface area contributed by atoms with E-state index in [4.69, 9.17) is 0 Å². The van der Waals surface area contributed by atoms with Gasteiger partial charge in [-0.25, -0.2) is 0 Å². The Morgan fingerprint density at radius 3 is 2.80 bits per heavy atom. The molecule has 1 aliphatic heterocycles. The van der Waals surface area contributed by atoms with Crippen molar-refractivity contribution in [2.24, 2.45) is 0 Å². The Hall–Kier alpha value is -0.260. The number of amides is 1. The molecule has 1 amide bonds. The van der Waals surface area contributed by atoms with Gasteiger partial charge in [-0.1, -0.05) is 0 Å². The SMILES string of the molecule is CSCCNC(=O)C(C)N1CCNCC1. The molecule has 0 aromatic carbocycles. The largest absolute Gasteiger partial charge is 0.354 e. The van der Waals surface area contributed by atoms with Crippen LogP contribution in [-0.4, -0.2) is 61.6 Å². The summed E-state index contributed by atoms with van der Waals surface area (Å²) in [6.45, 7) is 6.68. The second-order valence-electron chi connectivity index (χ2n) is 3.75. The first-order chi connectivity index (χ1) is 7.25. The molecule has 0 spiro atoms. The van der Waals surface area contributed by atoms with E-state index in [9.17, 15) is 4.79 Å². The Labute approximate surface area is 96.2 Å². The normalized spacial score (nSPS) is 19.9. The van der Waals surface area contributed by atoms with Crippen molar-refractivity contribution in [3.05, 3.63) is 0 Å². The van der Waals surface area contributed by atoms with Gasteiger partial charge in [-0.05, 0) is 13.2 Å². The first-order valence-electron chi connectivity index (χ1n) is 5.47. The molecule has 0 bridgehead atoms. The van der Waals surface area contributed by atoms with E-state index < -0.39 is 0 Å².